The molecule has 0 N–H and O–H groups in total. The quantitative estimate of drug-likeness (QED) is 0.410. The van der Waals surface area contributed by atoms with Gasteiger partial charge >= 0.3 is 0 Å². The van der Waals surface area contributed by atoms with Crippen molar-refractivity contribution >= 4 is 5.78 Å². The van der Waals surface area contributed by atoms with Gasteiger partial charge in [0.15, 0.2) is 0 Å². The summed E-state index contributed by atoms with van der Waals surface area (Å²) in [5, 5.41) is 0. The number of benzene rings is 2. The average Bonchev–Trinajstić information content (AvgIpc) is 3.48. The van der Waals surface area contributed by atoms with Crippen LogP contribution in [0.15, 0.2) is 36.4 Å². The van der Waals surface area contributed by atoms with Crippen LogP contribution in [0.1, 0.15) is 109 Å². The van der Waals surface area contributed by atoms with Gasteiger partial charge in [-0.3, -0.25) is 4.79 Å². The molecule has 0 amide bonds. The highest BCUT2D eigenvalue weighted by molar-refractivity contribution is 5.80. The molecule has 2 aromatic carbocycles. The van der Waals surface area contributed by atoms with Gasteiger partial charge in [-0.1, -0.05) is 73.2 Å². The molecule has 32 heavy (non-hydrogen) atoms. The Morgan fingerprint density at radius 1 is 0.688 bits per heavy atom. The molecule has 2 saturated carbocycles. The van der Waals surface area contributed by atoms with Crippen molar-refractivity contribution in [3.8, 4) is 0 Å². The third kappa shape index (κ3) is 5.36. The van der Waals surface area contributed by atoms with Crippen molar-refractivity contribution in [2.24, 2.45) is 11.8 Å². The first-order valence-corrected chi connectivity index (χ1v) is 13.1. The fourth-order valence-corrected chi connectivity index (χ4v) is 6.67. The lowest BCUT2D eigenvalue weighted by Crippen LogP contribution is -2.20. The van der Waals surface area contributed by atoms with Crippen LogP contribution >= 0.6 is 0 Å². The second kappa shape index (κ2) is 10.4. The minimum atomic E-state index is 0.396. The molecule has 0 saturated heterocycles. The van der Waals surface area contributed by atoms with Gasteiger partial charge in [-0.05, 0) is 99.3 Å². The highest BCUT2D eigenvalue weighted by atomic mass is 16.1. The molecule has 0 bridgehead atoms. The molecule has 172 valence electrons. The van der Waals surface area contributed by atoms with Crippen LogP contribution in [-0.4, -0.2) is 5.78 Å². The molecule has 2 aliphatic rings. The first kappa shape index (κ1) is 23.3. The highest BCUT2D eigenvalue weighted by Crippen LogP contribution is 2.44. The van der Waals surface area contributed by atoms with E-state index in [-0.39, 0.29) is 0 Å². The first-order chi connectivity index (χ1) is 15.4. The summed E-state index contributed by atoms with van der Waals surface area (Å²) in [5.74, 6) is 2.62. The number of ketones is 1. The van der Waals surface area contributed by atoms with Crippen molar-refractivity contribution in [1.82, 2.24) is 0 Å². The van der Waals surface area contributed by atoms with Crippen molar-refractivity contribution in [3.05, 3.63) is 69.8 Å². The maximum atomic E-state index is 13.7. The predicted octanol–water partition coefficient (Wildman–Crippen LogP) is 8.52. The van der Waals surface area contributed by atoms with Crippen molar-refractivity contribution in [3.63, 3.8) is 0 Å². The lowest BCUT2D eigenvalue weighted by Gasteiger charge is -2.29. The Bertz CT molecular complexity index is 852. The van der Waals surface area contributed by atoms with E-state index in [4.69, 9.17) is 0 Å². The maximum Gasteiger partial charge on any atom is 0.134 e. The Hall–Kier alpha value is -1.89. The van der Waals surface area contributed by atoms with Gasteiger partial charge in [0, 0.05) is 12.8 Å². The van der Waals surface area contributed by atoms with E-state index in [0.717, 1.165) is 12.8 Å². The van der Waals surface area contributed by atoms with Crippen LogP contribution in [0, 0.1) is 39.5 Å². The molecule has 1 nitrogen and oxygen atoms in total. The second-order valence-corrected chi connectivity index (χ2v) is 11.0. The lowest BCUT2D eigenvalue weighted by atomic mass is 9.75. The zero-order chi connectivity index (χ0) is 22.7. The van der Waals surface area contributed by atoms with E-state index in [1.54, 1.807) is 0 Å². The number of rotatable bonds is 8. The Balaban J connectivity index is 1.58. The maximum absolute atomic E-state index is 13.7. The smallest absolute Gasteiger partial charge is 0.134 e. The summed E-state index contributed by atoms with van der Waals surface area (Å²) >= 11 is 0. The molecule has 2 aromatic rings. The fourth-order valence-electron chi connectivity index (χ4n) is 6.67. The van der Waals surface area contributed by atoms with Crippen LogP contribution in [0.2, 0.25) is 0 Å². The SMILES string of the molecule is Cc1ccc(C)c([C@@H](CC(=O)C[C@@H](c2cc(C)ccc2C)C2CCCC2)C2CCCC2)c1. The van der Waals surface area contributed by atoms with E-state index in [1.165, 1.54) is 84.7 Å². The van der Waals surface area contributed by atoms with E-state index in [1.807, 2.05) is 0 Å². The Labute approximate surface area is 196 Å². The summed E-state index contributed by atoms with van der Waals surface area (Å²) in [6.45, 7) is 8.84. The second-order valence-electron chi connectivity index (χ2n) is 11.0. The molecular formula is C31H42O. The molecule has 1 heteroatoms. The van der Waals surface area contributed by atoms with Gasteiger partial charge < -0.3 is 0 Å². The lowest BCUT2D eigenvalue weighted by molar-refractivity contribution is -0.120. The zero-order valence-corrected chi connectivity index (χ0v) is 20.8. The van der Waals surface area contributed by atoms with Crippen LogP contribution in [0.5, 0.6) is 0 Å². The number of carbonyl (C=O) groups excluding carboxylic acids is 1. The largest absolute Gasteiger partial charge is 0.300 e. The number of aryl methyl sites for hydroxylation is 4. The molecule has 0 spiro atoms. The minimum Gasteiger partial charge on any atom is -0.300 e. The summed E-state index contributed by atoms with van der Waals surface area (Å²) in [5.41, 5.74) is 8.24. The molecular weight excluding hydrogens is 388 g/mol. The van der Waals surface area contributed by atoms with Crippen molar-refractivity contribution in [2.45, 2.75) is 104 Å². The van der Waals surface area contributed by atoms with E-state index in [2.05, 4.69) is 64.1 Å². The molecule has 2 aliphatic carbocycles. The normalized spacial score (nSPS) is 19.4. The summed E-state index contributed by atoms with van der Waals surface area (Å²) in [6, 6.07) is 13.7. The fraction of sp³-hybridized carbons (Fsp3) is 0.581. The molecule has 4 rings (SSSR count). The molecule has 0 aliphatic heterocycles. The molecule has 2 fully saturated rings. The third-order valence-corrected chi connectivity index (χ3v) is 8.50. The van der Waals surface area contributed by atoms with Gasteiger partial charge in [-0.2, -0.15) is 0 Å². The van der Waals surface area contributed by atoms with E-state index in [9.17, 15) is 4.79 Å². The van der Waals surface area contributed by atoms with E-state index >= 15 is 0 Å². The van der Waals surface area contributed by atoms with Gasteiger partial charge in [0.2, 0.25) is 0 Å². The zero-order valence-electron chi connectivity index (χ0n) is 20.8. The number of Topliss-reactive ketones (excluding diaryl/α,β-unsaturated/α-hetero) is 1. The molecule has 0 aromatic heterocycles. The van der Waals surface area contributed by atoms with Gasteiger partial charge in [0.1, 0.15) is 5.78 Å². The minimum absolute atomic E-state index is 0.396. The number of hydrogen-bond acceptors (Lipinski definition) is 1. The molecule has 0 heterocycles. The summed E-state index contributed by atoms with van der Waals surface area (Å²) in [4.78, 5) is 13.7. The van der Waals surface area contributed by atoms with Crippen LogP contribution in [0.4, 0.5) is 0 Å². The van der Waals surface area contributed by atoms with Crippen molar-refractivity contribution in [1.29, 1.82) is 0 Å². The molecule has 0 unspecified atom stereocenters. The third-order valence-electron chi connectivity index (χ3n) is 8.50. The molecule has 2 atom stereocenters. The highest BCUT2D eigenvalue weighted by Gasteiger charge is 2.33. The van der Waals surface area contributed by atoms with E-state index < -0.39 is 0 Å². The van der Waals surface area contributed by atoms with E-state index in [0.29, 0.717) is 29.5 Å². The Morgan fingerprint density at radius 3 is 1.44 bits per heavy atom. The van der Waals surface area contributed by atoms with Gasteiger partial charge in [-0.25, -0.2) is 0 Å². The van der Waals surface area contributed by atoms with Crippen molar-refractivity contribution < 1.29 is 4.79 Å². The summed E-state index contributed by atoms with van der Waals surface area (Å²) in [6.07, 6.45) is 11.9. The standard InChI is InChI=1S/C31H42O/c1-21-13-15-23(3)28(17-21)30(25-9-5-6-10-25)19-27(32)20-31(26-11-7-8-12-26)29-18-22(2)14-16-24(29)4/h13-18,25-26,30-31H,5-12,19-20H2,1-4H3/t30-,31+. The number of hydrogen-bond donors (Lipinski definition) is 0. The Kier molecular flexibility index (Phi) is 7.54. The summed E-state index contributed by atoms with van der Waals surface area (Å²) < 4.78 is 0. The average molecular weight is 431 g/mol. The van der Waals surface area contributed by atoms with Crippen LogP contribution in [-0.2, 0) is 4.79 Å². The van der Waals surface area contributed by atoms with Crippen LogP contribution in [0.25, 0.3) is 0 Å². The van der Waals surface area contributed by atoms with Crippen LogP contribution in [0.3, 0.4) is 0 Å². The monoisotopic (exact) mass is 430 g/mol. The molecule has 0 radical (unpaired) electrons. The van der Waals surface area contributed by atoms with Gasteiger partial charge in [0.25, 0.3) is 0 Å². The van der Waals surface area contributed by atoms with Gasteiger partial charge in [-0.15, -0.1) is 0 Å². The van der Waals surface area contributed by atoms with Crippen LogP contribution < -0.4 is 0 Å². The number of carbonyl (C=O) groups is 1. The van der Waals surface area contributed by atoms with Gasteiger partial charge in [0.05, 0.1) is 0 Å². The first-order valence-electron chi connectivity index (χ1n) is 13.1. The summed E-state index contributed by atoms with van der Waals surface area (Å²) in [7, 11) is 0. The van der Waals surface area contributed by atoms with Crippen molar-refractivity contribution in [2.75, 3.05) is 0 Å². The topological polar surface area (TPSA) is 17.1 Å². The Morgan fingerprint density at radius 2 is 1.06 bits per heavy atom. The predicted molar refractivity (Wildman–Crippen MR) is 135 cm³/mol.